The van der Waals surface area contributed by atoms with Crippen molar-refractivity contribution in [1.82, 2.24) is 9.78 Å². The molecule has 6 heteroatoms. The first-order valence-electron chi connectivity index (χ1n) is 4.14. The molecule has 0 N–H and O–H groups in total. The summed E-state index contributed by atoms with van der Waals surface area (Å²) in [5, 5.41) is 3.31. The van der Waals surface area contributed by atoms with Gasteiger partial charge in [-0.25, -0.2) is 0 Å². The third-order valence-electron chi connectivity index (χ3n) is 1.91. The minimum absolute atomic E-state index is 0.141. The van der Waals surface area contributed by atoms with Crippen LogP contribution in [-0.2, 0) is 6.18 Å². The van der Waals surface area contributed by atoms with E-state index >= 15 is 0 Å². The number of rotatable bonds is 3. The van der Waals surface area contributed by atoms with Gasteiger partial charge in [-0.3, -0.25) is 9.48 Å². The summed E-state index contributed by atoms with van der Waals surface area (Å²) in [6, 6.07) is -0.389. The fraction of sp³-hybridized carbons (Fsp3) is 0.333. The van der Waals surface area contributed by atoms with Crippen LogP contribution in [-0.4, -0.2) is 16.1 Å². The maximum Gasteiger partial charge on any atom is 0.435 e. The lowest BCUT2D eigenvalue weighted by atomic mass is 10.2. The van der Waals surface area contributed by atoms with Gasteiger partial charge in [-0.1, -0.05) is 6.08 Å². The summed E-state index contributed by atoms with van der Waals surface area (Å²) in [6.45, 7) is 5.05. The molecule has 0 bridgehead atoms. The third kappa shape index (κ3) is 2.26. The standard InChI is InChI=1S/C9H9F3N2O/c1-3-6(2)14-4-7(5-15)8(13-14)9(10,11)12/h3-6H,1H2,2H3. The van der Waals surface area contributed by atoms with Crippen molar-refractivity contribution in [2.75, 3.05) is 0 Å². The normalized spacial score (nSPS) is 13.6. The van der Waals surface area contributed by atoms with Crippen molar-refractivity contribution < 1.29 is 18.0 Å². The molecule has 1 atom stereocenters. The van der Waals surface area contributed by atoms with Gasteiger partial charge in [0, 0.05) is 6.20 Å². The van der Waals surface area contributed by atoms with Crippen LogP contribution in [0.2, 0.25) is 0 Å². The van der Waals surface area contributed by atoms with Gasteiger partial charge in [-0.05, 0) is 6.92 Å². The molecule has 0 aliphatic carbocycles. The van der Waals surface area contributed by atoms with Crippen LogP contribution in [0.15, 0.2) is 18.9 Å². The van der Waals surface area contributed by atoms with Gasteiger partial charge in [-0.2, -0.15) is 18.3 Å². The Morgan fingerprint density at radius 3 is 2.53 bits per heavy atom. The van der Waals surface area contributed by atoms with E-state index in [0.717, 1.165) is 10.9 Å². The van der Waals surface area contributed by atoms with E-state index in [4.69, 9.17) is 0 Å². The smallest absolute Gasteiger partial charge is 0.298 e. The van der Waals surface area contributed by atoms with Gasteiger partial charge in [0.15, 0.2) is 12.0 Å². The van der Waals surface area contributed by atoms with E-state index in [1.54, 1.807) is 6.92 Å². The van der Waals surface area contributed by atoms with Crippen LogP contribution in [0, 0.1) is 0 Å². The highest BCUT2D eigenvalue weighted by atomic mass is 19.4. The van der Waals surface area contributed by atoms with E-state index in [0.29, 0.717) is 0 Å². The van der Waals surface area contributed by atoms with Crippen LogP contribution in [0.25, 0.3) is 0 Å². The molecule has 0 aliphatic heterocycles. The van der Waals surface area contributed by atoms with Crippen molar-refractivity contribution in [3.05, 3.63) is 30.1 Å². The molecule has 1 heterocycles. The zero-order chi connectivity index (χ0) is 11.6. The molecular weight excluding hydrogens is 209 g/mol. The average molecular weight is 218 g/mol. The Bertz CT molecular complexity index is 381. The Morgan fingerprint density at radius 1 is 1.60 bits per heavy atom. The Balaban J connectivity index is 3.23. The first kappa shape index (κ1) is 11.5. The van der Waals surface area contributed by atoms with Crippen LogP contribution in [0.3, 0.4) is 0 Å². The van der Waals surface area contributed by atoms with Crippen molar-refractivity contribution >= 4 is 6.29 Å². The van der Waals surface area contributed by atoms with E-state index in [1.807, 2.05) is 0 Å². The minimum Gasteiger partial charge on any atom is -0.298 e. The van der Waals surface area contributed by atoms with E-state index < -0.39 is 17.4 Å². The van der Waals surface area contributed by atoms with Gasteiger partial charge in [0.2, 0.25) is 0 Å². The van der Waals surface area contributed by atoms with Crippen molar-refractivity contribution in [2.24, 2.45) is 0 Å². The van der Waals surface area contributed by atoms with Gasteiger partial charge >= 0.3 is 6.18 Å². The molecule has 0 saturated heterocycles. The van der Waals surface area contributed by atoms with E-state index in [9.17, 15) is 18.0 Å². The number of hydrogen-bond donors (Lipinski definition) is 0. The maximum atomic E-state index is 12.4. The Morgan fingerprint density at radius 2 is 2.20 bits per heavy atom. The number of halogens is 3. The first-order chi connectivity index (χ1) is 6.90. The highest BCUT2D eigenvalue weighted by molar-refractivity contribution is 5.76. The van der Waals surface area contributed by atoms with Crippen molar-refractivity contribution in [2.45, 2.75) is 19.1 Å². The van der Waals surface area contributed by atoms with E-state index in [2.05, 4.69) is 11.7 Å². The molecule has 0 aliphatic rings. The molecule has 0 spiro atoms. The molecule has 1 aromatic rings. The summed E-state index contributed by atoms with van der Waals surface area (Å²) in [6.07, 6.45) is -1.98. The summed E-state index contributed by atoms with van der Waals surface area (Å²) >= 11 is 0. The number of alkyl halides is 3. The zero-order valence-electron chi connectivity index (χ0n) is 7.95. The summed E-state index contributed by atoms with van der Waals surface area (Å²) in [7, 11) is 0. The van der Waals surface area contributed by atoms with Crippen molar-refractivity contribution in [1.29, 1.82) is 0 Å². The largest absolute Gasteiger partial charge is 0.435 e. The molecule has 1 rings (SSSR count). The SMILES string of the molecule is C=CC(C)n1cc(C=O)c(C(F)(F)F)n1. The number of aromatic nitrogens is 2. The third-order valence-corrected chi connectivity index (χ3v) is 1.91. The molecule has 0 saturated carbocycles. The zero-order valence-corrected chi connectivity index (χ0v) is 7.95. The second-order valence-corrected chi connectivity index (χ2v) is 3.00. The fourth-order valence-corrected chi connectivity index (χ4v) is 1.03. The van der Waals surface area contributed by atoms with Gasteiger partial charge in [0.1, 0.15) is 0 Å². The predicted octanol–water partition coefficient (Wildman–Crippen LogP) is 2.46. The second-order valence-electron chi connectivity index (χ2n) is 3.00. The Labute approximate surface area is 84.2 Å². The summed E-state index contributed by atoms with van der Waals surface area (Å²) in [5.74, 6) is 0. The molecular formula is C9H9F3N2O. The fourth-order valence-electron chi connectivity index (χ4n) is 1.03. The number of aldehydes is 1. The summed E-state index contributed by atoms with van der Waals surface area (Å²) in [4.78, 5) is 10.4. The highest BCUT2D eigenvalue weighted by Gasteiger charge is 2.37. The monoisotopic (exact) mass is 218 g/mol. The van der Waals surface area contributed by atoms with Crippen LogP contribution in [0.1, 0.15) is 29.0 Å². The summed E-state index contributed by atoms with van der Waals surface area (Å²) < 4.78 is 38.1. The van der Waals surface area contributed by atoms with E-state index in [1.165, 1.54) is 6.08 Å². The number of allylic oxidation sites excluding steroid dienone is 1. The molecule has 1 aromatic heterocycles. The topological polar surface area (TPSA) is 34.9 Å². The van der Waals surface area contributed by atoms with E-state index in [-0.39, 0.29) is 12.3 Å². The van der Waals surface area contributed by atoms with Gasteiger partial charge < -0.3 is 0 Å². The quantitative estimate of drug-likeness (QED) is 0.577. The lowest BCUT2D eigenvalue weighted by Gasteiger charge is -2.05. The van der Waals surface area contributed by atoms with Crippen molar-refractivity contribution in [3.63, 3.8) is 0 Å². The molecule has 0 radical (unpaired) electrons. The molecule has 0 fully saturated rings. The van der Waals surface area contributed by atoms with Gasteiger partial charge in [-0.15, -0.1) is 6.58 Å². The maximum absolute atomic E-state index is 12.4. The lowest BCUT2D eigenvalue weighted by Crippen LogP contribution is -2.10. The average Bonchev–Trinajstić information content (AvgIpc) is 2.59. The Kier molecular flexibility index (Phi) is 2.97. The lowest BCUT2D eigenvalue weighted by molar-refractivity contribution is -0.141. The molecule has 0 amide bonds. The van der Waals surface area contributed by atoms with Crippen molar-refractivity contribution in [3.8, 4) is 0 Å². The first-order valence-corrected chi connectivity index (χ1v) is 4.14. The van der Waals surface area contributed by atoms with Crippen LogP contribution >= 0.6 is 0 Å². The molecule has 82 valence electrons. The number of carbonyl (C=O) groups is 1. The number of hydrogen-bond acceptors (Lipinski definition) is 2. The predicted molar refractivity (Wildman–Crippen MR) is 47.5 cm³/mol. The molecule has 1 unspecified atom stereocenters. The number of carbonyl (C=O) groups excluding carboxylic acids is 1. The van der Waals surface area contributed by atoms with Gasteiger partial charge in [0.25, 0.3) is 0 Å². The van der Waals surface area contributed by atoms with Crippen LogP contribution in [0.4, 0.5) is 13.2 Å². The Hall–Kier alpha value is -1.59. The van der Waals surface area contributed by atoms with Gasteiger partial charge in [0.05, 0.1) is 11.6 Å². The summed E-state index contributed by atoms with van der Waals surface area (Å²) in [5.41, 5.74) is -1.62. The minimum atomic E-state index is -4.61. The number of nitrogens with zero attached hydrogens (tertiary/aromatic N) is 2. The molecule has 3 nitrogen and oxygen atoms in total. The second kappa shape index (κ2) is 3.88. The molecule has 0 aromatic carbocycles. The van der Waals surface area contributed by atoms with Crippen LogP contribution < -0.4 is 0 Å². The molecule has 15 heavy (non-hydrogen) atoms. The highest BCUT2D eigenvalue weighted by Crippen LogP contribution is 2.30. The van der Waals surface area contributed by atoms with Crippen LogP contribution in [0.5, 0.6) is 0 Å².